The molecule has 0 aliphatic heterocycles. The molecule has 0 radical (unpaired) electrons. The van der Waals surface area contributed by atoms with E-state index < -0.39 is 0 Å². The second-order valence-corrected chi connectivity index (χ2v) is 4.64. The van der Waals surface area contributed by atoms with Gasteiger partial charge in [0.25, 0.3) is 5.91 Å². The summed E-state index contributed by atoms with van der Waals surface area (Å²) in [5, 5.41) is 3.37. The summed E-state index contributed by atoms with van der Waals surface area (Å²) in [5.41, 5.74) is 0.384. The lowest BCUT2D eigenvalue weighted by atomic mass is 10.0. The zero-order valence-corrected chi connectivity index (χ0v) is 11.3. The monoisotopic (exact) mass is 274 g/mol. The Bertz CT molecular complexity index is 354. The van der Waals surface area contributed by atoms with Gasteiger partial charge < -0.3 is 5.32 Å². The molecule has 3 nitrogen and oxygen atoms in total. The molecule has 0 saturated heterocycles. The van der Waals surface area contributed by atoms with Crippen LogP contribution in [-0.2, 0) is 0 Å². The fraction of sp³-hybridized carbons (Fsp3) is 0.500. The van der Waals surface area contributed by atoms with E-state index in [1.807, 2.05) is 0 Å². The van der Waals surface area contributed by atoms with Crippen LogP contribution in [0.3, 0.4) is 0 Å². The Labute approximate surface area is 112 Å². The summed E-state index contributed by atoms with van der Waals surface area (Å²) in [4.78, 5) is 15.7. The van der Waals surface area contributed by atoms with Gasteiger partial charge in [-0.2, -0.15) is 0 Å². The highest BCUT2D eigenvalue weighted by molar-refractivity contribution is 6.30. The third-order valence-electron chi connectivity index (χ3n) is 2.61. The second kappa shape index (κ2) is 7.51. The van der Waals surface area contributed by atoms with Crippen LogP contribution < -0.4 is 5.32 Å². The number of pyridine rings is 1. The molecule has 1 atom stereocenters. The molecule has 5 heteroatoms. The van der Waals surface area contributed by atoms with Crippen molar-refractivity contribution in [2.45, 2.75) is 19.8 Å². The first-order valence-corrected chi connectivity index (χ1v) is 6.54. The molecule has 0 saturated carbocycles. The average Bonchev–Trinajstić information content (AvgIpc) is 2.35. The minimum atomic E-state index is -0.172. The van der Waals surface area contributed by atoms with Crippen molar-refractivity contribution in [1.29, 1.82) is 0 Å². The SMILES string of the molecule is CCC(CCCl)CNC(=O)c1ccc(Cl)cn1. The summed E-state index contributed by atoms with van der Waals surface area (Å²) in [6.45, 7) is 2.72. The van der Waals surface area contributed by atoms with E-state index in [0.717, 1.165) is 12.8 Å². The fourth-order valence-electron chi connectivity index (χ4n) is 1.44. The lowest BCUT2D eigenvalue weighted by molar-refractivity contribution is 0.0941. The number of hydrogen-bond donors (Lipinski definition) is 1. The maximum Gasteiger partial charge on any atom is 0.269 e. The Kier molecular flexibility index (Phi) is 6.30. The smallest absolute Gasteiger partial charge is 0.269 e. The van der Waals surface area contributed by atoms with Crippen molar-refractivity contribution >= 4 is 29.1 Å². The lowest BCUT2D eigenvalue weighted by Crippen LogP contribution is -2.29. The van der Waals surface area contributed by atoms with Crippen LogP contribution in [0.5, 0.6) is 0 Å². The van der Waals surface area contributed by atoms with Crippen molar-refractivity contribution in [2.75, 3.05) is 12.4 Å². The molecule has 1 amide bonds. The first-order valence-electron chi connectivity index (χ1n) is 5.63. The topological polar surface area (TPSA) is 42.0 Å². The summed E-state index contributed by atoms with van der Waals surface area (Å²) in [6.07, 6.45) is 3.37. The van der Waals surface area contributed by atoms with Crippen LogP contribution in [-0.4, -0.2) is 23.3 Å². The Morgan fingerprint density at radius 3 is 2.82 bits per heavy atom. The summed E-state index contributed by atoms with van der Waals surface area (Å²) in [5.74, 6) is 0.867. The number of amides is 1. The van der Waals surface area contributed by atoms with Crippen molar-refractivity contribution in [1.82, 2.24) is 10.3 Å². The van der Waals surface area contributed by atoms with Gasteiger partial charge >= 0.3 is 0 Å². The standard InChI is InChI=1S/C12H16Cl2N2O/c1-2-9(5-6-13)7-16-12(17)11-4-3-10(14)8-15-11/h3-4,8-9H,2,5-7H2,1H3,(H,16,17). The lowest BCUT2D eigenvalue weighted by Gasteiger charge is -2.13. The maximum atomic E-state index is 11.7. The molecular formula is C12H16Cl2N2O. The number of carbonyl (C=O) groups is 1. The van der Waals surface area contributed by atoms with E-state index in [2.05, 4.69) is 17.2 Å². The van der Waals surface area contributed by atoms with Crippen LogP contribution in [0.15, 0.2) is 18.3 Å². The van der Waals surface area contributed by atoms with E-state index >= 15 is 0 Å². The van der Waals surface area contributed by atoms with Gasteiger partial charge in [0.1, 0.15) is 5.69 Å². The number of aromatic nitrogens is 1. The van der Waals surface area contributed by atoms with E-state index in [-0.39, 0.29) is 5.91 Å². The molecule has 0 aliphatic rings. The zero-order chi connectivity index (χ0) is 12.7. The van der Waals surface area contributed by atoms with Crippen molar-refractivity contribution < 1.29 is 4.79 Å². The van der Waals surface area contributed by atoms with E-state index in [1.165, 1.54) is 6.20 Å². The number of hydrogen-bond acceptors (Lipinski definition) is 2. The molecule has 0 spiro atoms. The molecule has 0 aliphatic carbocycles. The Balaban J connectivity index is 2.46. The number of carbonyl (C=O) groups excluding carboxylic acids is 1. The second-order valence-electron chi connectivity index (χ2n) is 3.82. The first kappa shape index (κ1) is 14.3. The van der Waals surface area contributed by atoms with Gasteiger partial charge in [0, 0.05) is 18.6 Å². The van der Waals surface area contributed by atoms with Gasteiger partial charge in [0.2, 0.25) is 0 Å². The van der Waals surface area contributed by atoms with Crippen LogP contribution in [0.25, 0.3) is 0 Å². The first-order chi connectivity index (χ1) is 8.17. The van der Waals surface area contributed by atoms with Crippen LogP contribution in [0.4, 0.5) is 0 Å². The van der Waals surface area contributed by atoms with Crippen LogP contribution in [0, 0.1) is 5.92 Å². The molecule has 1 N–H and O–H groups in total. The number of alkyl halides is 1. The highest BCUT2D eigenvalue weighted by Gasteiger charge is 2.10. The quantitative estimate of drug-likeness (QED) is 0.810. The summed E-state index contributed by atoms with van der Waals surface area (Å²) >= 11 is 11.4. The van der Waals surface area contributed by atoms with E-state index in [1.54, 1.807) is 12.1 Å². The third kappa shape index (κ3) is 4.92. The van der Waals surface area contributed by atoms with Crippen LogP contribution in [0.1, 0.15) is 30.3 Å². The Morgan fingerprint density at radius 1 is 1.53 bits per heavy atom. The molecule has 1 aromatic rings. The summed E-state index contributed by atoms with van der Waals surface area (Å²) in [6, 6.07) is 3.26. The normalized spacial score (nSPS) is 12.2. The minimum Gasteiger partial charge on any atom is -0.350 e. The highest BCUT2D eigenvalue weighted by atomic mass is 35.5. The summed E-state index contributed by atoms with van der Waals surface area (Å²) < 4.78 is 0. The van der Waals surface area contributed by atoms with Crippen molar-refractivity contribution in [3.63, 3.8) is 0 Å². The number of nitrogens with one attached hydrogen (secondary N) is 1. The van der Waals surface area contributed by atoms with Crippen LogP contribution in [0.2, 0.25) is 5.02 Å². The predicted octanol–water partition coefficient (Wildman–Crippen LogP) is 3.12. The molecule has 0 bridgehead atoms. The molecule has 1 aromatic heterocycles. The molecule has 1 unspecified atom stereocenters. The third-order valence-corrected chi connectivity index (χ3v) is 3.05. The van der Waals surface area contributed by atoms with Gasteiger partial charge in [0.05, 0.1) is 5.02 Å². The van der Waals surface area contributed by atoms with Gasteiger partial charge in [-0.1, -0.05) is 24.9 Å². The minimum absolute atomic E-state index is 0.172. The molecule has 0 fully saturated rings. The molecule has 0 aromatic carbocycles. The molecule has 17 heavy (non-hydrogen) atoms. The van der Waals surface area contributed by atoms with Gasteiger partial charge in [-0.15, -0.1) is 11.6 Å². The van der Waals surface area contributed by atoms with Crippen molar-refractivity contribution in [2.24, 2.45) is 5.92 Å². The van der Waals surface area contributed by atoms with E-state index in [9.17, 15) is 4.79 Å². The van der Waals surface area contributed by atoms with Crippen molar-refractivity contribution in [3.05, 3.63) is 29.0 Å². The molecule has 1 heterocycles. The Morgan fingerprint density at radius 2 is 2.29 bits per heavy atom. The number of halogens is 2. The van der Waals surface area contributed by atoms with E-state index in [0.29, 0.717) is 29.1 Å². The zero-order valence-electron chi connectivity index (χ0n) is 9.75. The number of nitrogens with zero attached hydrogens (tertiary/aromatic N) is 1. The highest BCUT2D eigenvalue weighted by Crippen LogP contribution is 2.09. The fourth-order valence-corrected chi connectivity index (χ4v) is 1.86. The van der Waals surface area contributed by atoms with E-state index in [4.69, 9.17) is 23.2 Å². The summed E-state index contributed by atoms with van der Waals surface area (Å²) in [7, 11) is 0. The van der Waals surface area contributed by atoms with Crippen LogP contribution >= 0.6 is 23.2 Å². The van der Waals surface area contributed by atoms with Gasteiger partial charge in [-0.25, -0.2) is 4.98 Å². The predicted molar refractivity (Wildman–Crippen MR) is 70.7 cm³/mol. The van der Waals surface area contributed by atoms with Gasteiger partial charge in [-0.3, -0.25) is 4.79 Å². The number of rotatable bonds is 6. The largest absolute Gasteiger partial charge is 0.350 e. The average molecular weight is 275 g/mol. The maximum absolute atomic E-state index is 11.7. The molecule has 1 rings (SSSR count). The van der Waals surface area contributed by atoms with Gasteiger partial charge in [-0.05, 0) is 24.5 Å². The van der Waals surface area contributed by atoms with Gasteiger partial charge in [0.15, 0.2) is 0 Å². The molecule has 94 valence electrons. The Hall–Kier alpha value is -0.800. The molecular weight excluding hydrogens is 259 g/mol. The van der Waals surface area contributed by atoms with Crippen molar-refractivity contribution in [3.8, 4) is 0 Å².